The van der Waals surface area contributed by atoms with Crippen molar-refractivity contribution in [2.75, 3.05) is 34.5 Å². The van der Waals surface area contributed by atoms with E-state index >= 15 is 0 Å². The van der Waals surface area contributed by atoms with Crippen LogP contribution in [0.2, 0.25) is 0 Å². The first-order chi connectivity index (χ1) is 29.8. The summed E-state index contributed by atoms with van der Waals surface area (Å²) in [5.41, 5.74) is 6.51. The molecule has 8 rings (SSSR count). The fraction of sp³-hybridized carbons (Fsp3) is 0.478. The molecule has 16 heteroatoms. The Morgan fingerprint density at radius 3 is 2.27 bits per heavy atom. The number of alkyl carbamates (subject to hydrolysis) is 2. The van der Waals surface area contributed by atoms with Crippen LogP contribution in [-0.2, 0) is 30.4 Å². The number of nitrogens with zero attached hydrogens (tertiary/aromatic N) is 4. The highest BCUT2D eigenvalue weighted by Gasteiger charge is 2.43. The number of benzene rings is 3. The molecule has 3 unspecified atom stereocenters. The number of amides is 4. The van der Waals surface area contributed by atoms with Crippen molar-refractivity contribution in [3.8, 4) is 28.1 Å². The number of carbonyl (C=O) groups excluding carboxylic acids is 4. The van der Waals surface area contributed by atoms with Crippen molar-refractivity contribution in [2.24, 2.45) is 17.8 Å². The number of methoxy groups -OCH3 is 3. The maximum Gasteiger partial charge on any atom is 0.407 e. The number of imidazole rings is 2. The molecule has 5 heterocycles. The van der Waals surface area contributed by atoms with Gasteiger partial charge in [-0.2, -0.15) is 0 Å². The van der Waals surface area contributed by atoms with Gasteiger partial charge in [-0.05, 0) is 84.4 Å². The second-order valence-electron chi connectivity index (χ2n) is 17.5. The van der Waals surface area contributed by atoms with Gasteiger partial charge in [0.15, 0.2) is 0 Å². The van der Waals surface area contributed by atoms with Crippen molar-refractivity contribution in [2.45, 2.75) is 90.7 Å². The summed E-state index contributed by atoms with van der Waals surface area (Å²) in [4.78, 5) is 72.8. The maximum atomic E-state index is 14.0. The number of aromatic amines is 2. The first-order valence-electron chi connectivity index (χ1n) is 21.4. The highest BCUT2D eigenvalue weighted by atomic mass is 16.5. The van der Waals surface area contributed by atoms with E-state index < -0.39 is 24.3 Å². The van der Waals surface area contributed by atoms with Crippen LogP contribution in [0.15, 0.2) is 48.7 Å². The van der Waals surface area contributed by atoms with Crippen LogP contribution in [0.1, 0.15) is 83.2 Å². The average molecular weight is 849 g/mol. The minimum atomic E-state index is -0.754. The second-order valence-corrected chi connectivity index (χ2v) is 17.5. The number of ether oxygens (including phenoxy) is 4. The van der Waals surface area contributed by atoms with Gasteiger partial charge in [0, 0.05) is 36.6 Å². The quantitative estimate of drug-likeness (QED) is 0.107. The van der Waals surface area contributed by atoms with E-state index in [1.807, 2.05) is 45.6 Å². The fourth-order valence-electron chi connectivity index (χ4n) is 9.43. The summed E-state index contributed by atoms with van der Waals surface area (Å²) in [5, 5.41) is 7.44. The van der Waals surface area contributed by atoms with Gasteiger partial charge in [-0.15, -0.1) is 0 Å². The van der Waals surface area contributed by atoms with E-state index in [0.717, 1.165) is 68.3 Å². The zero-order valence-electron chi connectivity index (χ0n) is 36.5. The lowest BCUT2D eigenvalue weighted by Gasteiger charge is -2.32. The summed E-state index contributed by atoms with van der Waals surface area (Å²) in [7, 11) is 4.23. The Hall–Kier alpha value is -6.16. The maximum absolute atomic E-state index is 14.0. The molecule has 62 heavy (non-hydrogen) atoms. The van der Waals surface area contributed by atoms with E-state index in [-0.39, 0.29) is 47.7 Å². The van der Waals surface area contributed by atoms with E-state index in [1.165, 1.54) is 14.2 Å². The first-order valence-corrected chi connectivity index (χ1v) is 21.4. The van der Waals surface area contributed by atoms with Crippen LogP contribution in [0.5, 0.6) is 5.75 Å². The largest absolute Gasteiger partial charge is 0.488 e. The monoisotopic (exact) mass is 848 g/mol. The number of fused-ring (bicyclic) bond motifs is 6. The van der Waals surface area contributed by atoms with E-state index in [0.29, 0.717) is 37.8 Å². The van der Waals surface area contributed by atoms with Crippen LogP contribution in [0, 0.1) is 17.8 Å². The van der Waals surface area contributed by atoms with Crippen LogP contribution in [0.4, 0.5) is 9.59 Å². The van der Waals surface area contributed by atoms with E-state index in [1.54, 1.807) is 18.2 Å². The number of hydrogen-bond acceptors (Lipinski definition) is 10. The minimum Gasteiger partial charge on any atom is -0.488 e. The van der Waals surface area contributed by atoms with Gasteiger partial charge in [-0.1, -0.05) is 45.9 Å². The third kappa shape index (κ3) is 7.91. The van der Waals surface area contributed by atoms with Crippen LogP contribution >= 0.6 is 0 Å². The Morgan fingerprint density at radius 2 is 1.58 bits per heavy atom. The Morgan fingerprint density at radius 1 is 0.855 bits per heavy atom. The topological polar surface area (TPSA) is 193 Å². The van der Waals surface area contributed by atoms with Crippen molar-refractivity contribution < 1.29 is 38.1 Å². The predicted molar refractivity (Wildman–Crippen MR) is 232 cm³/mol. The molecule has 4 N–H and O–H groups in total. The third-order valence-corrected chi connectivity index (χ3v) is 12.7. The summed E-state index contributed by atoms with van der Waals surface area (Å²) in [6.45, 7) is 11.0. The molecule has 5 aromatic rings. The number of rotatable bonds is 11. The smallest absolute Gasteiger partial charge is 0.407 e. The molecule has 0 radical (unpaired) electrons. The lowest BCUT2D eigenvalue weighted by atomic mass is 9.92. The Kier molecular flexibility index (Phi) is 11.9. The molecule has 0 saturated carbocycles. The summed E-state index contributed by atoms with van der Waals surface area (Å²) in [6.07, 6.45) is 2.73. The van der Waals surface area contributed by atoms with E-state index in [4.69, 9.17) is 28.9 Å². The second kappa shape index (κ2) is 17.3. The van der Waals surface area contributed by atoms with Crippen LogP contribution in [0.3, 0.4) is 0 Å². The molecular formula is C46H56N8O8. The van der Waals surface area contributed by atoms with Gasteiger partial charge in [0.05, 0.1) is 55.8 Å². The van der Waals surface area contributed by atoms with Crippen molar-refractivity contribution >= 4 is 45.8 Å². The van der Waals surface area contributed by atoms with Gasteiger partial charge < -0.3 is 49.3 Å². The molecule has 16 nitrogen and oxygen atoms in total. The molecule has 328 valence electrons. The molecule has 3 aliphatic heterocycles. The molecule has 6 atom stereocenters. The normalized spacial score (nSPS) is 20.5. The van der Waals surface area contributed by atoms with Gasteiger partial charge >= 0.3 is 12.2 Å². The van der Waals surface area contributed by atoms with E-state index in [9.17, 15) is 19.2 Å². The summed E-state index contributed by atoms with van der Waals surface area (Å²) in [6, 6.07) is 12.5. The van der Waals surface area contributed by atoms with Crippen LogP contribution < -0.4 is 15.4 Å². The number of hydrogen-bond donors (Lipinski definition) is 4. The summed E-state index contributed by atoms with van der Waals surface area (Å²) < 4.78 is 21.6. The molecule has 3 aliphatic rings. The minimum absolute atomic E-state index is 0.0301. The number of likely N-dealkylation sites (tertiary alicyclic amines) is 2. The molecule has 2 saturated heterocycles. The number of carbonyl (C=O) groups is 4. The lowest BCUT2D eigenvalue weighted by molar-refractivity contribution is -0.137. The number of H-pyrrole nitrogens is 2. The summed E-state index contributed by atoms with van der Waals surface area (Å²) >= 11 is 0. The molecule has 0 aliphatic carbocycles. The van der Waals surface area contributed by atoms with Gasteiger partial charge in [0.25, 0.3) is 0 Å². The predicted octanol–water partition coefficient (Wildman–Crippen LogP) is 7.01. The Bertz CT molecular complexity index is 2510. The SMILES string of the molecule is COCC1CC(c2ncc(-c3ccc4c(c3)COc3cc5c(ccc6nc([C@@H]7CC[C@H](C)N7C(=O)C(NC(=O)OC)C(C)C)[nH]c65)cc3-4)[nH]2)N(C(=O)[C@@H](NC(=O)OC)C(C)C)C1. The Balaban J connectivity index is 1.05. The van der Waals surface area contributed by atoms with Gasteiger partial charge in [0.2, 0.25) is 11.8 Å². The van der Waals surface area contributed by atoms with Gasteiger partial charge in [0.1, 0.15) is 36.1 Å². The number of aromatic nitrogens is 4. The van der Waals surface area contributed by atoms with Crippen LogP contribution in [0.25, 0.3) is 44.2 Å². The zero-order chi connectivity index (χ0) is 44.0. The average Bonchev–Trinajstić information content (AvgIpc) is 4.09. The summed E-state index contributed by atoms with van der Waals surface area (Å²) in [5.74, 6) is 1.61. The molecule has 0 bridgehead atoms. The standard InChI is InChI=1S/C46H56N8O8/c1-23(2)38(51-45(57)60-7)43(55)53-20-26(21-59-6)15-36(53)41-47-19-34(49-41)28-10-12-30-29(16-28)22-62-37-18-31-27(17-32(30)37)11-13-33-40(31)50-42(48-33)35-14-9-25(5)54(35)44(56)39(24(3)4)52-46(58)61-8/h10-13,16-19,23-26,35-36,38-39H,9,14-15,20-22H2,1-8H3,(H,47,49)(H,48,50)(H,51,57)(H,52,58)/t25-,26?,35-,36?,38-,39?/m0/s1. The van der Waals surface area contributed by atoms with Crippen LogP contribution in [-0.4, -0.2) is 106 Å². The molecule has 2 fully saturated rings. The molecule has 2 aromatic heterocycles. The molecular weight excluding hydrogens is 793 g/mol. The molecule has 0 spiro atoms. The van der Waals surface area contributed by atoms with Crippen molar-refractivity contribution in [1.82, 2.24) is 40.4 Å². The lowest BCUT2D eigenvalue weighted by Crippen LogP contribution is -2.52. The van der Waals surface area contributed by atoms with Crippen molar-refractivity contribution in [3.05, 3.63) is 65.9 Å². The highest BCUT2D eigenvalue weighted by molar-refractivity contribution is 6.07. The van der Waals surface area contributed by atoms with E-state index in [2.05, 4.69) is 57.0 Å². The van der Waals surface area contributed by atoms with Crippen molar-refractivity contribution in [3.63, 3.8) is 0 Å². The third-order valence-electron chi connectivity index (χ3n) is 12.7. The first kappa shape index (κ1) is 42.5. The van der Waals surface area contributed by atoms with Crippen molar-refractivity contribution in [1.29, 1.82) is 0 Å². The zero-order valence-corrected chi connectivity index (χ0v) is 36.5. The Labute approximate surface area is 360 Å². The van der Waals surface area contributed by atoms with Gasteiger partial charge in [-0.3, -0.25) is 9.59 Å². The fourth-order valence-corrected chi connectivity index (χ4v) is 9.43. The highest BCUT2D eigenvalue weighted by Crippen LogP contribution is 2.44. The van der Waals surface area contributed by atoms with Gasteiger partial charge in [-0.25, -0.2) is 19.6 Å². The molecule has 4 amide bonds. The number of nitrogens with one attached hydrogen (secondary N) is 4. The molecule has 3 aromatic carbocycles.